The van der Waals surface area contributed by atoms with Crippen molar-refractivity contribution in [1.29, 1.82) is 0 Å². The molecule has 0 amide bonds. The van der Waals surface area contributed by atoms with E-state index < -0.39 is 0 Å². The average molecular weight is 200 g/mol. The van der Waals surface area contributed by atoms with Crippen LogP contribution in [0.4, 0.5) is 0 Å². The van der Waals surface area contributed by atoms with E-state index in [-0.39, 0.29) is 0 Å². The van der Waals surface area contributed by atoms with Crippen molar-refractivity contribution in [3.8, 4) is 0 Å². The molecule has 0 fully saturated rings. The lowest BCUT2D eigenvalue weighted by Gasteiger charge is -1.93. The smallest absolute Gasteiger partial charge is 0.166 e. The van der Waals surface area contributed by atoms with E-state index in [0.717, 1.165) is 0 Å². The number of hydrogen-bond donors (Lipinski definition) is 0. The molecular weight excluding hydrogens is 190 g/mol. The van der Waals surface area contributed by atoms with Gasteiger partial charge in [0.1, 0.15) is 4.70 Å². The summed E-state index contributed by atoms with van der Waals surface area (Å²) in [6.45, 7) is 2.13. The van der Waals surface area contributed by atoms with E-state index in [1.165, 1.54) is 21.2 Å². The summed E-state index contributed by atoms with van der Waals surface area (Å²) in [5, 5.41) is 3.48. The minimum Gasteiger partial charge on any atom is -0.166 e. The number of aromatic nitrogens is 1. The Morgan fingerprint density at radius 2 is 2.00 bits per heavy atom. The first kappa shape index (κ1) is 7.94. The van der Waals surface area contributed by atoms with Gasteiger partial charge < -0.3 is 0 Å². The summed E-state index contributed by atoms with van der Waals surface area (Å²) in [7, 11) is 0. The molecule has 0 aliphatic heterocycles. The summed E-state index contributed by atoms with van der Waals surface area (Å²) in [4.78, 5) is 0. The highest BCUT2D eigenvalue weighted by atomic mass is 32.1. The standard InChI is InChI=1S/C12H10NS/c1-9-2-5-13-6-3-10-4-7-14-12(10)11(13)8-9/h2-8H,1H3/q+1. The van der Waals surface area contributed by atoms with E-state index in [2.05, 4.69) is 53.4 Å². The second-order valence-corrected chi connectivity index (χ2v) is 4.43. The van der Waals surface area contributed by atoms with Gasteiger partial charge in [0.25, 0.3) is 0 Å². The molecule has 14 heavy (non-hydrogen) atoms. The highest BCUT2D eigenvalue weighted by molar-refractivity contribution is 7.18. The largest absolute Gasteiger partial charge is 0.228 e. The molecule has 3 heterocycles. The average Bonchev–Trinajstić information content (AvgIpc) is 2.65. The van der Waals surface area contributed by atoms with Gasteiger partial charge in [0, 0.05) is 23.6 Å². The van der Waals surface area contributed by atoms with Crippen LogP contribution in [0.3, 0.4) is 0 Å². The normalized spacial score (nSPS) is 11.2. The molecule has 3 aromatic rings. The summed E-state index contributed by atoms with van der Waals surface area (Å²) in [5.74, 6) is 0. The van der Waals surface area contributed by atoms with Crippen molar-refractivity contribution >= 4 is 26.9 Å². The van der Waals surface area contributed by atoms with E-state index in [1.54, 1.807) is 11.3 Å². The zero-order chi connectivity index (χ0) is 9.54. The van der Waals surface area contributed by atoms with Crippen molar-refractivity contribution in [2.75, 3.05) is 0 Å². The quantitative estimate of drug-likeness (QED) is 0.491. The van der Waals surface area contributed by atoms with Gasteiger partial charge in [-0.3, -0.25) is 0 Å². The first-order chi connectivity index (χ1) is 6.84. The fourth-order valence-electron chi connectivity index (χ4n) is 1.75. The number of rotatable bonds is 0. The number of fused-ring (bicyclic) bond motifs is 3. The maximum Gasteiger partial charge on any atom is 0.228 e. The molecule has 68 valence electrons. The van der Waals surface area contributed by atoms with Gasteiger partial charge in [-0.1, -0.05) is 0 Å². The van der Waals surface area contributed by atoms with Gasteiger partial charge >= 0.3 is 0 Å². The van der Waals surface area contributed by atoms with E-state index >= 15 is 0 Å². The zero-order valence-electron chi connectivity index (χ0n) is 7.90. The van der Waals surface area contributed by atoms with Crippen molar-refractivity contribution in [1.82, 2.24) is 0 Å². The van der Waals surface area contributed by atoms with Crippen molar-refractivity contribution in [3.63, 3.8) is 0 Å². The maximum atomic E-state index is 2.23. The summed E-state index contributed by atoms with van der Waals surface area (Å²) in [6, 6.07) is 8.70. The predicted octanol–water partition coefficient (Wildman–Crippen LogP) is 2.95. The third-order valence-electron chi connectivity index (χ3n) is 2.48. The van der Waals surface area contributed by atoms with Gasteiger partial charge in [-0.2, -0.15) is 4.40 Å². The summed E-state index contributed by atoms with van der Waals surface area (Å²) < 4.78 is 3.54. The van der Waals surface area contributed by atoms with E-state index in [1.807, 2.05) is 0 Å². The van der Waals surface area contributed by atoms with Crippen molar-refractivity contribution in [3.05, 3.63) is 47.6 Å². The number of aryl methyl sites for hydroxylation is 1. The molecule has 0 aromatic carbocycles. The summed E-state index contributed by atoms with van der Waals surface area (Å²) in [5.41, 5.74) is 2.61. The van der Waals surface area contributed by atoms with E-state index in [9.17, 15) is 0 Å². The first-order valence-corrected chi connectivity index (χ1v) is 5.50. The first-order valence-electron chi connectivity index (χ1n) is 4.62. The number of nitrogens with zero attached hydrogens (tertiary/aromatic N) is 1. The Kier molecular flexibility index (Phi) is 1.58. The van der Waals surface area contributed by atoms with Crippen LogP contribution in [0.5, 0.6) is 0 Å². The number of pyridine rings is 2. The van der Waals surface area contributed by atoms with Gasteiger partial charge in [-0.15, -0.1) is 11.3 Å². The monoisotopic (exact) mass is 200 g/mol. The maximum absolute atomic E-state index is 2.23. The molecule has 2 heteroatoms. The second-order valence-electron chi connectivity index (χ2n) is 3.52. The molecule has 0 bridgehead atoms. The number of thiophene rings is 1. The Hall–Kier alpha value is -1.41. The van der Waals surface area contributed by atoms with Crippen LogP contribution in [0.15, 0.2) is 42.0 Å². The van der Waals surface area contributed by atoms with Crippen LogP contribution in [-0.2, 0) is 0 Å². The van der Waals surface area contributed by atoms with Crippen LogP contribution in [0.25, 0.3) is 15.6 Å². The minimum absolute atomic E-state index is 1.30. The Bertz CT molecular complexity index is 610. The molecule has 0 saturated heterocycles. The number of hydrogen-bond acceptors (Lipinski definition) is 1. The molecule has 0 N–H and O–H groups in total. The Labute approximate surface area is 86.2 Å². The molecule has 3 aromatic heterocycles. The third-order valence-corrected chi connectivity index (χ3v) is 3.44. The third kappa shape index (κ3) is 1.04. The Morgan fingerprint density at radius 1 is 1.14 bits per heavy atom. The second kappa shape index (κ2) is 2.79. The van der Waals surface area contributed by atoms with Crippen LogP contribution in [0.1, 0.15) is 5.56 Å². The van der Waals surface area contributed by atoms with Crippen molar-refractivity contribution in [2.45, 2.75) is 6.92 Å². The molecular formula is C12H10NS+. The van der Waals surface area contributed by atoms with Crippen LogP contribution in [0, 0.1) is 6.92 Å². The van der Waals surface area contributed by atoms with Gasteiger partial charge in [-0.05, 0) is 23.9 Å². The lowest BCUT2D eigenvalue weighted by Crippen LogP contribution is -2.19. The molecule has 3 rings (SSSR count). The Morgan fingerprint density at radius 3 is 2.93 bits per heavy atom. The van der Waals surface area contributed by atoms with Gasteiger partial charge in [0.2, 0.25) is 5.52 Å². The van der Waals surface area contributed by atoms with E-state index in [0.29, 0.717) is 0 Å². The predicted molar refractivity (Wildman–Crippen MR) is 59.7 cm³/mol. The van der Waals surface area contributed by atoms with Crippen molar-refractivity contribution in [2.24, 2.45) is 0 Å². The summed E-state index contributed by atoms with van der Waals surface area (Å²) >= 11 is 1.80. The van der Waals surface area contributed by atoms with Gasteiger partial charge in [0.15, 0.2) is 12.4 Å². The molecule has 0 atom stereocenters. The fraction of sp³-hybridized carbons (Fsp3) is 0.0833. The molecule has 0 saturated carbocycles. The van der Waals surface area contributed by atoms with Gasteiger partial charge in [0.05, 0.1) is 0 Å². The minimum atomic E-state index is 1.30. The highest BCUT2D eigenvalue weighted by Gasteiger charge is 2.07. The lowest BCUT2D eigenvalue weighted by molar-refractivity contribution is -0.510. The molecule has 0 aliphatic carbocycles. The molecule has 0 radical (unpaired) electrons. The van der Waals surface area contributed by atoms with Crippen LogP contribution >= 0.6 is 11.3 Å². The Balaban J connectivity index is 2.60. The molecule has 0 unspecified atom stereocenters. The van der Waals surface area contributed by atoms with Crippen LogP contribution in [0.2, 0.25) is 0 Å². The molecule has 0 aliphatic rings. The molecule has 0 spiro atoms. The zero-order valence-corrected chi connectivity index (χ0v) is 8.71. The fourth-order valence-corrected chi connectivity index (χ4v) is 2.66. The SMILES string of the molecule is Cc1cc[n+]2ccc3ccsc3c2c1. The summed E-state index contributed by atoms with van der Waals surface area (Å²) in [6.07, 6.45) is 4.23. The lowest BCUT2D eigenvalue weighted by atomic mass is 10.2. The molecule has 1 nitrogen and oxygen atoms in total. The van der Waals surface area contributed by atoms with Gasteiger partial charge in [-0.25, -0.2) is 0 Å². The van der Waals surface area contributed by atoms with Crippen LogP contribution in [-0.4, -0.2) is 0 Å². The van der Waals surface area contributed by atoms with Crippen molar-refractivity contribution < 1.29 is 4.40 Å². The highest BCUT2D eigenvalue weighted by Crippen LogP contribution is 2.23. The van der Waals surface area contributed by atoms with Crippen LogP contribution < -0.4 is 4.40 Å². The topological polar surface area (TPSA) is 4.10 Å². The van der Waals surface area contributed by atoms with E-state index in [4.69, 9.17) is 0 Å².